The van der Waals surface area contributed by atoms with Crippen LogP contribution in [-0.4, -0.2) is 33.2 Å². The smallest absolute Gasteiger partial charge is 0.240 e. The monoisotopic (exact) mass is 322 g/mol. The molecule has 1 aromatic rings. The first-order valence-corrected chi connectivity index (χ1v) is 7.65. The number of nitrogens with two attached hydrogens (primary N) is 1. The second-order valence-electron chi connectivity index (χ2n) is 3.98. The van der Waals surface area contributed by atoms with Crippen molar-refractivity contribution in [2.45, 2.75) is 17.9 Å². The second-order valence-corrected chi connectivity index (χ2v) is 6.54. The lowest BCUT2D eigenvalue weighted by Gasteiger charge is -2.14. The quantitative estimate of drug-likeness (QED) is 0.771. The predicted molar refractivity (Wildman–Crippen MR) is 79.0 cm³/mol. The molecular formula is C11H15ClN2O3S2. The Morgan fingerprint density at radius 3 is 2.68 bits per heavy atom. The fourth-order valence-corrected chi connectivity index (χ4v) is 3.31. The highest BCUT2D eigenvalue weighted by Crippen LogP contribution is 2.21. The summed E-state index contributed by atoms with van der Waals surface area (Å²) >= 11 is 10.7. The van der Waals surface area contributed by atoms with Crippen LogP contribution in [0.3, 0.4) is 0 Å². The van der Waals surface area contributed by atoms with Gasteiger partial charge in [0.25, 0.3) is 0 Å². The molecule has 0 saturated heterocycles. The molecule has 1 rings (SSSR count). The zero-order valence-electron chi connectivity index (χ0n) is 10.5. The summed E-state index contributed by atoms with van der Waals surface area (Å²) in [7, 11) is -2.15. The van der Waals surface area contributed by atoms with Crippen LogP contribution in [0.5, 0.6) is 0 Å². The van der Waals surface area contributed by atoms with E-state index in [1.165, 1.54) is 25.3 Å². The highest BCUT2D eigenvalue weighted by molar-refractivity contribution is 7.89. The van der Waals surface area contributed by atoms with Crippen LogP contribution in [0.2, 0.25) is 5.02 Å². The summed E-state index contributed by atoms with van der Waals surface area (Å²) in [5.74, 6) is 0. The number of rotatable bonds is 6. The standard InChI is InChI=1S/C11H15ClN2O3S2/c1-7(6-17-2)14-19(15,16)8-3-4-9(11(13)18)10(12)5-8/h3-5,7,14H,6H2,1-2H3,(H2,13,18). The number of benzene rings is 1. The maximum Gasteiger partial charge on any atom is 0.240 e. The maximum atomic E-state index is 12.1. The van der Waals surface area contributed by atoms with Crippen LogP contribution in [0.4, 0.5) is 0 Å². The molecule has 0 spiro atoms. The Hall–Kier alpha value is -0.730. The van der Waals surface area contributed by atoms with Gasteiger partial charge in [-0.05, 0) is 25.1 Å². The molecule has 0 bridgehead atoms. The maximum absolute atomic E-state index is 12.1. The third-order valence-corrected chi connectivity index (χ3v) is 4.41. The molecule has 106 valence electrons. The molecule has 0 aliphatic carbocycles. The number of ether oxygens (including phenoxy) is 1. The predicted octanol–water partition coefficient (Wildman–Crippen LogP) is 1.29. The van der Waals surface area contributed by atoms with E-state index >= 15 is 0 Å². The third kappa shape index (κ3) is 4.39. The van der Waals surface area contributed by atoms with Crippen LogP contribution in [0.1, 0.15) is 12.5 Å². The van der Waals surface area contributed by atoms with Crippen LogP contribution in [0.15, 0.2) is 23.1 Å². The molecule has 19 heavy (non-hydrogen) atoms. The first kappa shape index (κ1) is 16.3. The summed E-state index contributed by atoms with van der Waals surface area (Å²) in [5.41, 5.74) is 5.90. The molecule has 0 aliphatic rings. The van der Waals surface area contributed by atoms with Crippen molar-refractivity contribution in [3.05, 3.63) is 28.8 Å². The van der Waals surface area contributed by atoms with Gasteiger partial charge in [0.15, 0.2) is 0 Å². The molecule has 0 radical (unpaired) electrons. The first-order valence-electron chi connectivity index (χ1n) is 5.38. The Morgan fingerprint density at radius 1 is 1.58 bits per heavy atom. The van der Waals surface area contributed by atoms with Gasteiger partial charge in [-0.1, -0.05) is 23.8 Å². The van der Waals surface area contributed by atoms with Gasteiger partial charge in [0.2, 0.25) is 10.0 Å². The Bertz CT molecular complexity index is 575. The van der Waals surface area contributed by atoms with Crippen LogP contribution >= 0.6 is 23.8 Å². The van der Waals surface area contributed by atoms with Gasteiger partial charge < -0.3 is 10.5 Å². The Kier molecular flexibility index (Phi) is 5.69. The van der Waals surface area contributed by atoms with Crippen molar-refractivity contribution in [3.8, 4) is 0 Å². The summed E-state index contributed by atoms with van der Waals surface area (Å²) < 4.78 is 31.5. The fraction of sp³-hybridized carbons (Fsp3) is 0.364. The number of thiocarbonyl (C=S) groups is 1. The lowest BCUT2D eigenvalue weighted by molar-refractivity contribution is 0.180. The van der Waals surface area contributed by atoms with Crippen molar-refractivity contribution in [2.24, 2.45) is 5.73 Å². The summed E-state index contributed by atoms with van der Waals surface area (Å²) in [6.07, 6.45) is 0. The number of nitrogens with one attached hydrogen (secondary N) is 1. The normalized spacial score (nSPS) is 13.2. The van der Waals surface area contributed by atoms with E-state index < -0.39 is 10.0 Å². The molecule has 1 atom stereocenters. The summed E-state index contributed by atoms with van der Waals surface area (Å²) in [6.45, 7) is 1.98. The van der Waals surface area contributed by atoms with Gasteiger partial charge in [0.1, 0.15) is 4.99 Å². The van der Waals surface area contributed by atoms with Gasteiger partial charge in [-0.2, -0.15) is 0 Å². The SMILES string of the molecule is COCC(C)NS(=O)(=O)c1ccc(C(N)=S)c(Cl)c1. The summed E-state index contributed by atoms with van der Waals surface area (Å²) in [6, 6.07) is 3.87. The molecule has 3 N–H and O–H groups in total. The van der Waals surface area contributed by atoms with Gasteiger partial charge in [-0.25, -0.2) is 13.1 Å². The number of methoxy groups -OCH3 is 1. The number of hydrogen-bond acceptors (Lipinski definition) is 4. The zero-order chi connectivity index (χ0) is 14.6. The van der Waals surface area contributed by atoms with Gasteiger partial charge in [-0.3, -0.25) is 0 Å². The molecule has 1 unspecified atom stereocenters. The Morgan fingerprint density at radius 2 is 2.21 bits per heavy atom. The average molecular weight is 323 g/mol. The van der Waals surface area contributed by atoms with Crippen molar-refractivity contribution in [1.82, 2.24) is 4.72 Å². The van der Waals surface area contributed by atoms with Gasteiger partial charge in [0.05, 0.1) is 16.5 Å². The van der Waals surface area contributed by atoms with E-state index in [9.17, 15) is 8.42 Å². The minimum atomic E-state index is -3.65. The van der Waals surface area contributed by atoms with Crippen LogP contribution in [0.25, 0.3) is 0 Å². The van der Waals surface area contributed by atoms with Crippen LogP contribution < -0.4 is 10.5 Å². The van der Waals surface area contributed by atoms with Crippen molar-refractivity contribution >= 4 is 38.8 Å². The van der Waals surface area contributed by atoms with Crippen molar-refractivity contribution in [1.29, 1.82) is 0 Å². The Labute approximate surface area is 123 Å². The van der Waals surface area contributed by atoms with Crippen LogP contribution in [-0.2, 0) is 14.8 Å². The summed E-state index contributed by atoms with van der Waals surface area (Å²) in [4.78, 5) is 0.176. The van der Waals surface area contributed by atoms with Gasteiger partial charge in [0, 0.05) is 18.7 Å². The lowest BCUT2D eigenvalue weighted by atomic mass is 10.2. The molecule has 0 fully saturated rings. The fourth-order valence-electron chi connectivity index (χ4n) is 1.48. The minimum Gasteiger partial charge on any atom is -0.389 e. The number of hydrogen-bond donors (Lipinski definition) is 2. The topological polar surface area (TPSA) is 81.4 Å². The highest BCUT2D eigenvalue weighted by atomic mass is 35.5. The zero-order valence-corrected chi connectivity index (χ0v) is 12.9. The van der Waals surface area contributed by atoms with Crippen molar-refractivity contribution < 1.29 is 13.2 Å². The van der Waals surface area contributed by atoms with Gasteiger partial charge >= 0.3 is 0 Å². The van der Waals surface area contributed by atoms with E-state index in [1.54, 1.807) is 6.92 Å². The average Bonchev–Trinajstić information content (AvgIpc) is 2.27. The van der Waals surface area contributed by atoms with E-state index in [2.05, 4.69) is 4.72 Å². The molecular weight excluding hydrogens is 308 g/mol. The second kappa shape index (κ2) is 6.62. The Balaban J connectivity index is 3.03. The molecule has 0 saturated carbocycles. The van der Waals surface area contributed by atoms with E-state index in [-0.39, 0.29) is 27.6 Å². The lowest BCUT2D eigenvalue weighted by Crippen LogP contribution is -2.35. The van der Waals surface area contributed by atoms with Crippen molar-refractivity contribution in [2.75, 3.05) is 13.7 Å². The third-order valence-electron chi connectivity index (χ3n) is 2.29. The highest BCUT2D eigenvalue weighted by Gasteiger charge is 2.18. The van der Waals surface area contributed by atoms with E-state index in [0.29, 0.717) is 5.56 Å². The molecule has 0 amide bonds. The molecule has 0 aliphatic heterocycles. The molecule has 8 heteroatoms. The summed E-state index contributed by atoms with van der Waals surface area (Å²) in [5, 5.41) is 0.203. The molecule has 1 aromatic carbocycles. The van der Waals surface area contributed by atoms with Crippen LogP contribution in [0, 0.1) is 0 Å². The first-order chi connectivity index (χ1) is 8.77. The largest absolute Gasteiger partial charge is 0.389 e. The molecule has 0 aromatic heterocycles. The van der Waals surface area contributed by atoms with E-state index in [0.717, 1.165) is 0 Å². The van der Waals surface area contributed by atoms with Gasteiger partial charge in [-0.15, -0.1) is 0 Å². The molecule has 5 nitrogen and oxygen atoms in total. The molecule has 0 heterocycles. The number of sulfonamides is 1. The van der Waals surface area contributed by atoms with Crippen molar-refractivity contribution in [3.63, 3.8) is 0 Å². The number of halogens is 1. The van der Waals surface area contributed by atoms with E-state index in [1.807, 2.05) is 0 Å². The minimum absolute atomic E-state index is 0.0560. The van der Waals surface area contributed by atoms with E-state index in [4.69, 9.17) is 34.3 Å².